The number of ether oxygens (including phenoxy) is 1. The van der Waals surface area contributed by atoms with Crippen LogP contribution < -0.4 is 0 Å². The highest BCUT2D eigenvalue weighted by Gasteiger charge is 2.43. The zero-order chi connectivity index (χ0) is 16.3. The number of aliphatic hydroxyl groups is 4. The van der Waals surface area contributed by atoms with Crippen LogP contribution in [0.1, 0.15) is 5.56 Å². The lowest BCUT2D eigenvalue weighted by atomic mass is 10.0. The number of aliphatic hydroxyl groups excluding tert-OH is 4. The molecule has 0 unspecified atom stereocenters. The lowest BCUT2D eigenvalue weighted by molar-refractivity contribution is -0.384. The van der Waals surface area contributed by atoms with Crippen LogP contribution in [0, 0.1) is 10.1 Å². The van der Waals surface area contributed by atoms with E-state index >= 15 is 0 Å². The van der Waals surface area contributed by atoms with E-state index in [9.17, 15) is 25.4 Å². The Balaban J connectivity index is 1.96. The standard InChI is InChI=1S/C13H17NO7S/c15-5-9-10(16)11(17)12(18)13(21-9)22-6-7-1-3-8(4-2-7)14(19)20/h1-4,9-13,15-18H,5-6H2/t9-,10+,11-,12+,13+/m1/s1. The average Bonchev–Trinajstić information content (AvgIpc) is 2.52. The molecule has 5 atom stereocenters. The summed E-state index contributed by atoms with van der Waals surface area (Å²) < 4.78 is 5.36. The number of hydrogen-bond acceptors (Lipinski definition) is 8. The first-order chi connectivity index (χ1) is 10.4. The molecule has 0 aliphatic carbocycles. The summed E-state index contributed by atoms with van der Waals surface area (Å²) in [7, 11) is 0. The molecule has 1 saturated heterocycles. The Hall–Kier alpha value is -1.23. The molecule has 0 amide bonds. The van der Waals surface area contributed by atoms with Gasteiger partial charge in [0.2, 0.25) is 0 Å². The Morgan fingerprint density at radius 2 is 1.77 bits per heavy atom. The molecule has 0 spiro atoms. The Morgan fingerprint density at radius 1 is 1.14 bits per heavy atom. The van der Waals surface area contributed by atoms with Crippen LogP contribution in [-0.4, -0.2) is 61.8 Å². The molecular formula is C13H17NO7S. The second-order valence-electron chi connectivity index (χ2n) is 4.93. The van der Waals surface area contributed by atoms with Gasteiger partial charge in [0, 0.05) is 17.9 Å². The summed E-state index contributed by atoms with van der Waals surface area (Å²) in [5, 5.41) is 48.9. The lowest BCUT2D eigenvalue weighted by Crippen LogP contribution is -2.57. The van der Waals surface area contributed by atoms with Gasteiger partial charge in [-0.3, -0.25) is 10.1 Å². The molecule has 1 aliphatic heterocycles. The molecule has 0 radical (unpaired) electrons. The fourth-order valence-corrected chi connectivity index (χ4v) is 3.23. The molecule has 2 rings (SSSR count). The molecule has 0 saturated carbocycles. The summed E-state index contributed by atoms with van der Waals surface area (Å²) >= 11 is 1.17. The van der Waals surface area contributed by atoms with E-state index in [4.69, 9.17) is 9.84 Å². The maximum atomic E-state index is 10.6. The van der Waals surface area contributed by atoms with Gasteiger partial charge in [0.25, 0.3) is 5.69 Å². The third-order valence-electron chi connectivity index (χ3n) is 3.41. The highest BCUT2D eigenvalue weighted by molar-refractivity contribution is 7.99. The van der Waals surface area contributed by atoms with Crippen molar-refractivity contribution in [1.29, 1.82) is 0 Å². The molecule has 1 aliphatic rings. The minimum Gasteiger partial charge on any atom is -0.394 e. The monoisotopic (exact) mass is 331 g/mol. The fourth-order valence-electron chi connectivity index (χ4n) is 2.10. The zero-order valence-electron chi connectivity index (χ0n) is 11.5. The van der Waals surface area contributed by atoms with Crippen LogP contribution in [-0.2, 0) is 10.5 Å². The predicted molar refractivity (Wildman–Crippen MR) is 78.2 cm³/mol. The van der Waals surface area contributed by atoms with Gasteiger partial charge in [0.05, 0.1) is 11.5 Å². The van der Waals surface area contributed by atoms with Crippen LogP contribution in [0.3, 0.4) is 0 Å². The number of rotatable bonds is 5. The van der Waals surface area contributed by atoms with Gasteiger partial charge >= 0.3 is 0 Å². The van der Waals surface area contributed by atoms with Gasteiger partial charge in [0.1, 0.15) is 29.9 Å². The van der Waals surface area contributed by atoms with E-state index in [0.29, 0.717) is 5.75 Å². The normalized spacial score (nSPS) is 31.9. The molecule has 1 aromatic rings. The van der Waals surface area contributed by atoms with E-state index in [1.54, 1.807) is 12.1 Å². The molecule has 8 nitrogen and oxygen atoms in total. The third-order valence-corrected chi connectivity index (χ3v) is 4.63. The molecular weight excluding hydrogens is 314 g/mol. The van der Waals surface area contributed by atoms with Gasteiger partial charge < -0.3 is 25.2 Å². The van der Waals surface area contributed by atoms with Gasteiger partial charge in [-0.1, -0.05) is 12.1 Å². The SMILES string of the molecule is O=[N+]([O-])c1ccc(CS[C@@H]2O[C@H](CO)[C@H](O)[C@@H](O)[C@@H]2O)cc1. The number of hydrogen-bond donors (Lipinski definition) is 4. The molecule has 9 heteroatoms. The zero-order valence-corrected chi connectivity index (χ0v) is 12.3. The molecule has 1 fully saturated rings. The van der Waals surface area contributed by atoms with Crippen LogP contribution in [0.15, 0.2) is 24.3 Å². The number of nitro groups is 1. The highest BCUT2D eigenvalue weighted by atomic mass is 32.2. The van der Waals surface area contributed by atoms with E-state index in [1.807, 2.05) is 0 Å². The minimum absolute atomic E-state index is 0.0124. The topological polar surface area (TPSA) is 133 Å². The predicted octanol–water partition coefficient (Wildman–Crippen LogP) is -0.372. The van der Waals surface area contributed by atoms with Crippen molar-refractivity contribution in [3.63, 3.8) is 0 Å². The van der Waals surface area contributed by atoms with Gasteiger partial charge in [-0.05, 0) is 5.56 Å². The second-order valence-corrected chi connectivity index (χ2v) is 6.02. The number of nitrogens with zero attached hydrogens (tertiary/aromatic N) is 1. The maximum absolute atomic E-state index is 10.6. The fraction of sp³-hybridized carbons (Fsp3) is 0.538. The molecule has 1 aromatic carbocycles. The quantitative estimate of drug-likeness (QED) is 0.424. The van der Waals surface area contributed by atoms with Crippen molar-refractivity contribution in [3.8, 4) is 0 Å². The maximum Gasteiger partial charge on any atom is 0.269 e. The van der Waals surface area contributed by atoms with Crippen molar-refractivity contribution in [2.75, 3.05) is 6.61 Å². The Bertz CT molecular complexity index is 510. The minimum atomic E-state index is -1.40. The summed E-state index contributed by atoms with van der Waals surface area (Å²) in [6, 6.07) is 5.94. The summed E-state index contributed by atoms with van der Waals surface area (Å²) in [6.07, 6.45) is -5.01. The number of benzene rings is 1. The van der Waals surface area contributed by atoms with Crippen LogP contribution in [0.2, 0.25) is 0 Å². The Labute approximate surface area is 130 Å². The molecule has 4 N–H and O–H groups in total. The summed E-state index contributed by atoms with van der Waals surface area (Å²) in [4.78, 5) is 10.1. The highest BCUT2D eigenvalue weighted by Crippen LogP contribution is 2.30. The lowest BCUT2D eigenvalue weighted by Gasteiger charge is -2.39. The van der Waals surface area contributed by atoms with Crippen LogP contribution in [0.5, 0.6) is 0 Å². The van der Waals surface area contributed by atoms with E-state index in [0.717, 1.165) is 5.56 Å². The Morgan fingerprint density at radius 3 is 2.32 bits per heavy atom. The van der Waals surface area contributed by atoms with E-state index < -0.39 is 41.4 Å². The summed E-state index contributed by atoms with van der Waals surface area (Å²) in [5.74, 6) is 0.390. The second kappa shape index (κ2) is 7.36. The molecule has 22 heavy (non-hydrogen) atoms. The third kappa shape index (κ3) is 3.75. The van der Waals surface area contributed by atoms with E-state index in [1.165, 1.54) is 23.9 Å². The number of non-ortho nitro benzene ring substituents is 1. The largest absolute Gasteiger partial charge is 0.394 e. The molecule has 1 heterocycles. The van der Waals surface area contributed by atoms with Crippen LogP contribution in [0.4, 0.5) is 5.69 Å². The van der Waals surface area contributed by atoms with Crippen molar-refractivity contribution in [2.45, 2.75) is 35.6 Å². The number of nitro benzene ring substituents is 1. The van der Waals surface area contributed by atoms with Crippen LogP contribution in [0.25, 0.3) is 0 Å². The smallest absolute Gasteiger partial charge is 0.269 e. The Kier molecular flexibility index (Phi) is 5.73. The van der Waals surface area contributed by atoms with Gasteiger partial charge in [-0.2, -0.15) is 0 Å². The van der Waals surface area contributed by atoms with Gasteiger partial charge in [-0.25, -0.2) is 0 Å². The van der Waals surface area contributed by atoms with Crippen molar-refractivity contribution in [2.24, 2.45) is 0 Å². The summed E-state index contributed by atoms with van der Waals surface area (Å²) in [6.45, 7) is -0.473. The first-order valence-electron chi connectivity index (χ1n) is 6.59. The van der Waals surface area contributed by atoms with Crippen molar-refractivity contribution in [3.05, 3.63) is 39.9 Å². The summed E-state index contributed by atoms with van der Waals surface area (Å²) in [5.41, 5.74) is -0.0418. The molecule has 0 bridgehead atoms. The first-order valence-corrected chi connectivity index (χ1v) is 7.64. The molecule has 122 valence electrons. The van der Waals surface area contributed by atoms with Gasteiger partial charge in [0.15, 0.2) is 0 Å². The average molecular weight is 331 g/mol. The van der Waals surface area contributed by atoms with Crippen LogP contribution >= 0.6 is 11.8 Å². The first kappa shape index (κ1) is 17.1. The van der Waals surface area contributed by atoms with Crippen molar-refractivity contribution in [1.82, 2.24) is 0 Å². The number of thioether (sulfide) groups is 1. The molecule has 0 aromatic heterocycles. The van der Waals surface area contributed by atoms with Gasteiger partial charge in [-0.15, -0.1) is 11.8 Å². The van der Waals surface area contributed by atoms with E-state index in [-0.39, 0.29) is 5.69 Å². The van der Waals surface area contributed by atoms with E-state index in [2.05, 4.69) is 0 Å². The van der Waals surface area contributed by atoms with Crippen molar-refractivity contribution < 1.29 is 30.1 Å². The van der Waals surface area contributed by atoms with Crippen molar-refractivity contribution >= 4 is 17.4 Å².